The molecule has 4 nitrogen and oxygen atoms in total. The summed E-state index contributed by atoms with van der Waals surface area (Å²) in [5.74, 6) is -0.0504. The second-order valence-corrected chi connectivity index (χ2v) is 2.95. The van der Waals surface area contributed by atoms with Crippen LogP contribution in [0.2, 0.25) is 0 Å². The van der Waals surface area contributed by atoms with Crippen LogP contribution in [0.15, 0.2) is 30.3 Å². The van der Waals surface area contributed by atoms with Crippen molar-refractivity contribution >= 4 is 16.9 Å². The molecule has 2 N–H and O–H groups in total. The number of aromatic hydroxyl groups is 1. The maximum absolute atomic E-state index is 11.4. The highest BCUT2D eigenvalue weighted by molar-refractivity contribution is 5.93. The number of fused-ring (bicyclic) bond motifs is 1. The van der Waals surface area contributed by atoms with E-state index in [4.69, 9.17) is 0 Å². The fraction of sp³-hybridized carbons (Fsp3) is 0.100. The van der Waals surface area contributed by atoms with Crippen molar-refractivity contribution in [2.24, 2.45) is 0 Å². The summed E-state index contributed by atoms with van der Waals surface area (Å²) in [6.07, 6.45) is 0. The molecule has 14 heavy (non-hydrogen) atoms. The van der Waals surface area contributed by atoms with Crippen LogP contribution in [0.1, 0.15) is 0 Å². The molecule has 4 heteroatoms. The highest BCUT2D eigenvalue weighted by Gasteiger charge is 2.11. The van der Waals surface area contributed by atoms with E-state index in [0.29, 0.717) is 5.52 Å². The molecule has 1 heterocycles. The molecule has 0 aliphatic rings. The van der Waals surface area contributed by atoms with Crippen LogP contribution in [-0.4, -0.2) is 22.8 Å². The summed E-state index contributed by atoms with van der Waals surface area (Å²) in [5.41, 5.74) is 0.698. The van der Waals surface area contributed by atoms with E-state index in [2.05, 4.69) is 5.32 Å². The van der Waals surface area contributed by atoms with Gasteiger partial charge >= 0.3 is 6.03 Å². The van der Waals surface area contributed by atoms with Crippen molar-refractivity contribution in [2.75, 3.05) is 7.05 Å². The minimum absolute atomic E-state index is 0.0504. The van der Waals surface area contributed by atoms with Crippen LogP contribution in [0.25, 0.3) is 10.9 Å². The van der Waals surface area contributed by atoms with Gasteiger partial charge in [-0.25, -0.2) is 9.36 Å². The summed E-state index contributed by atoms with van der Waals surface area (Å²) in [5, 5.41) is 12.8. The zero-order valence-corrected chi connectivity index (χ0v) is 7.69. The van der Waals surface area contributed by atoms with Gasteiger partial charge in [0.05, 0.1) is 5.52 Å². The Bertz CT molecular complexity index is 488. The maximum Gasteiger partial charge on any atom is 0.328 e. The normalized spacial score (nSPS) is 10.4. The van der Waals surface area contributed by atoms with Crippen LogP contribution in [0.5, 0.6) is 5.88 Å². The molecular weight excluding hydrogens is 180 g/mol. The monoisotopic (exact) mass is 190 g/mol. The van der Waals surface area contributed by atoms with Gasteiger partial charge in [-0.2, -0.15) is 0 Å². The average molecular weight is 190 g/mol. The van der Waals surface area contributed by atoms with Gasteiger partial charge < -0.3 is 10.4 Å². The van der Waals surface area contributed by atoms with Crippen LogP contribution < -0.4 is 5.32 Å². The second-order valence-electron chi connectivity index (χ2n) is 2.95. The Morgan fingerprint density at radius 1 is 1.43 bits per heavy atom. The molecular formula is C10H10N2O2. The third-order valence-electron chi connectivity index (χ3n) is 2.11. The highest BCUT2D eigenvalue weighted by atomic mass is 16.3. The van der Waals surface area contributed by atoms with E-state index >= 15 is 0 Å². The third-order valence-corrected chi connectivity index (χ3v) is 2.11. The number of nitrogens with one attached hydrogen (secondary N) is 1. The first-order valence-electron chi connectivity index (χ1n) is 4.25. The highest BCUT2D eigenvalue weighted by Crippen LogP contribution is 2.23. The fourth-order valence-corrected chi connectivity index (χ4v) is 1.47. The lowest BCUT2D eigenvalue weighted by molar-refractivity contribution is 0.242. The Labute approximate surface area is 80.8 Å². The van der Waals surface area contributed by atoms with Gasteiger partial charge in [0.25, 0.3) is 0 Å². The number of aromatic nitrogens is 1. The van der Waals surface area contributed by atoms with Gasteiger partial charge in [0.1, 0.15) is 0 Å². The molecule has 0 radical (unpaired) electrons. The van der Waals surface area contributed by atoms with Crippen molar-refractivity contribution in [1.82, 2.24) is 9.88 Å². The predicted octanol–water partition coefficient (Wildman–Crippen LogP) is 1.53. The number of carbonyl (C=O) groups is 1. The Kier molecular flexibility index (Phi) is 1.89. The number of hydrogen-bond acceptors (Lipinski definition) is 2. The van der Waals surface area contributed by atoms with Gasteiger partial charge in [-0.1, -0.05) is 18.2 Å². The van der Waals surface area contributed by atoms with Gasteiger partial charge in [0.2, 0.25) is 0 Å². The number of rotatable bonds is 0. The van der Waals surface area contributed by atoms with Crippen molar-refractivity contribution in [3.63, 3.8) is 0 Å². The number of hydrogen-bond donors (Lipinski definition) is 2. The van der Waals surface area contributed by atoms with E-state index < -0.39 is 0 Å². The maximum atomic E-state index is 11.4. The third kappa shape index (κ3) is 1.12. The molecule has 1 aromatic heterocycles. The Morgan fingerprint density at radius 3 is 2.86 bits per heavy atom. The molecule has 0 saturated heterocycles. The first kappa shape index (κ1) is 8.62. The number of amides is 1. The lowest BCUT2D eigenvalue weighted by Gasteiger charge is -2.03. The molecule has 1 amide bonds. The van der Waals surface area contributed by atoms with Gasteiger partial charge in [-0.05, 0) is 6.07 Å². The van der Waals surface area contributed by atoms with E-state index in [1.807, 2.05) is 18.2 Å². The van der Waals surface area contributed by atoms with Crippen molar-refractivity contribution in [1.29, 1.82) is 0 Å². The molecule has 72 valence electrons. The summed E-state index contributed by atoms with van der Waals surface area (Å²) in [4.78, 5) is 11.4. The molecule has 1 aromatic carbocycles. The largest absolute Gasteiger partial charge is 0.494 e. The SMILES string of the molecule is CNC(=O)n1c(O)cc2ccccc21. The van der Waals surface area contributed by atoms with E-state index in [1.165, 1.54) is 11.6 Å². The molecule has 2 rings (SSSR count). The summed E-state index contributed by atoms with van der Waals surface area (Å²) in [6.45, 7) is 0. The first-order chi connectivity index (χ1) is 6.74. The van der Waals surface area contributed by atoms with Crippen LogP contribution >= 0.6 is 0 Å². The minimum Gasteiger partial charge on any atom is -0.494 e. The fourth-order valence-electron chi connectivity index (χ4n) is 1.47. The Morgan fingerprint density at radius 2 is 2.14 bits per heavy atom. The van der Waals surface area contributed by atoms with Gasteiger partial charge in [0.15, 0.2) is 5.88 Å². The molecule has 0 spiro atoms. The molecule has 0 saturated carbocycles. The minimum atomic E-state index is -0.344. The average Bonchev–Trinajstić information content (AvgIpc) is 2.53. The van der Waals surface area contributed by atoms with Gasteiger partial charge in [-0.15, -0.1) is 0 Å². The first-order valence-corrected chi connectivity index (χ1v) is 4.25. The molecule has 0 aliphatic carbocycles. The van der Waals surface area contributed by atoms with Crippen LogP contribution in [0.3, 0.4) is 0 Å². The lowest BCUT2D eigenvalue weighted by atomic mass is 10.2. The standard InChI is InChI=1S/C10H10N2O2/c1-11-10(14)12-8-5-3-2-4-7(8)6-9(12)13/h2-6,13H,1H3,(H,11,14). The quantitative estimate of drug-likeness (QED) is 0.662. The number of benzene rings is 1. The van der Waals surface area contributed by atoms with Crippen molar-refractivity contribution in [3.05, 3.63) is 30.3 Å². The summed E-state index contributed by atoms with van der Waals surface area (Å²) >= 11 is 0. The zero-order valence-electron chi connectivity index (χ0n) is 7.69. The topological polar surface area (TPSA) is 54.3 Å². The summed E-state index contributed by atoms with van der Waals surface area (Å²) < 4.78 is 1.23. The van der Waals surface area contributed by atoms with E-state index in [1.54, 1.807) is 12.1 Å². The smallest absolute Gasteiger partial charge is 0.328 e. The lowest BCUT2D eigenvalue weighted by Crippen LogP contribution is -2.23. The van der Waals surface area contributed by atoms with E-state index in [9.17, 15) is 9.90 Å². The Balaban J connectivity index is 2.74. The van der Waals surface area contributed by atoms with Crippen molar-refractivity contribution in [3.8, 4) is 5.88 Å². The summed E-state index contributed by atoms with van der Waals surface area (Å²) in [6, 6.07) is 8.52. The number of para-hydroxylation sites is 1. The van der Waals surface area contributed by atoms with E-state index in [0.717, 1.165) is 5.39 Å². The van der Waals surface area contributed by atoms with Gasteiger partial charge in [0, 0.05) is 18.5 Å². The molecule has 0 atom stereocenters. The molecule has 0 aliphatic heterocycles. The van der Waals surface area contributed by atoms with Crippen LogP contribution in [0.4, 0.5) is 4.79 Å². The number of carbonyl (C=O) groups excluding carboxylic acids is 1. The predicted molar refractivity (Wildman–Crippen MR) is 53.5 cm³/mol. The van der Waals surface area contributed by atoms with Gasteiger partial charge in [-0.3, -0.25) is 0 Å². The molecule has 0 fully saturated rings. The molecule has 0 unspecified atom stereocenters. The summed E-state index contributed by atoms with van der Waals surface area (Å²) in [7, 11) is 1.52. The molecule has 0 bridgehead atoms. The van der Waals surface area contributed by atoms with E-state index in [-0.39, 0.29) is 11.9 Å². The van der Waals surface area contributed by atoms with Crippen LogP contribution in [-0.2, 0) is 0 Å². The van der Waals surface area contributed by atoms with Crippen LogP contribution in [0, 0.1) is 0 Å². The zero-order chi connectivity index (χ0) is 10.1. The Hall–Kier alpha value is -1.97. The second kappa shape index (κ2) is 3.06. The molecule has 2 aromatic rings. The number of nitrogens with zero attached hydrogens (tertiary/aromatic N) is 1. The van der Waals surface area contributed by atoms with Crippen molar-refractivity contribution < 1.29 is 9.90 Å². The van der Waals surface area contributed by atoms with Crippen molar-refractivity contribution in [2.45, 2.75) is 0 Å².